The van der Waals surface area contributed by atoms with E-state index in [0.717, 1.165) is 16.7 Å². The highest BCUT2D eigenvalue weighted by molar-refractivity contribution is 6.32. The fourth-order valence-electron chi connectivity index (χ4n) is 2.82. The number of aryl methyl sites for hydroxylation is 1. The first-order valence-corrected chi connectivity index (χ1v) is 8.04. The van der Waals surface area contributed by atoms with Gasteiger partial charge in [0.05, 0.1) is 17.6 Å². The molecule has 0 amide bonds. The molecule has 0 saturated carbocycles. The van der Waals surface area contributed by atoms with Crippen molar-refractivity contribution in [3.8, 4) is 0 Å². The molecule has 2 aromatic carbocycles. The molecular formula is C19H20BN3O. The number of benzene rings is 2. The van der Waals surface area contributed by atoms with Crippen molar-refractivity contribution in [3.63, 3.8) is 0 Å². The summed E-state index contributed by atoms with van der Waals surface area (Å²) in [5.74, 6) is 0.0385. The number of ketones is 1. The fraction of sp³-hybridized carbons (Fsp3) is 0.263. The summed E-state index contributed by atoms with van der Waals surface area (Å²) in [7, 11) is 7.68. The van der Waals surface area contributed by atoms with Crippen molar-refractivity contribution in [1.29, 1.82) is 0 Å². The highest BCUT2D eigenvalue weighted by atomic mass is 16.1. The Morgan fingerprint density at radius 3 is 2.33 bits per heavy atom. The molecule has 24 heavy (non-hydrogen) atoms. The molecule has 0 aliphatic carbocycles. The van der Waals surface area contributed by atoms with Gasteiger partial charge in [0, 0.05) is 18.7 Å². The molecule has 5 heteroatoms. The van der Waals surface area contributed by atoms with Crippen molar-refractivity contribution >= 4 is 30.1 Å². The van der Waals surface area contributed by atoms with Gasteiger partial charge in [0.15, 0.2) is 5.78 Å². The number of carbonyl (C=O) groups excluding carboxylic acids is 1. The molecule has 0 fully saturated rings. The van der Waals surface area contributed by atoms with Gasteiger partial charge >= 0.3 is 0 Å². The lowest BCUT2D eigenvalue weighted by Gasteiger charge is -2.06. The summed E-state index contributed by atoms with van der Waals surface area (Å²) in [6.45, 7) is 4.31. The van der Waals surface area contributed by atoms with Crippen molar-refractivity contribution in [2.24, 2.45) is 12.0 Å². The predicted molar refractivity (Wildman–Crippen MR) is 97.8 cm³/mol. The van der Waals surface area contributed by atoms with Crippen LogP contribution in [0, 0.1) is 0 Å². The monoisotopic (exact) mass is 317 g/mol. The Morgan fingerprint density at radius 2 is 1.71 bits per heavy atom. The second-order valence-corrected chi connectivity index (χ2v) is 6.20. The number of hydrogen-bond donors (Lipinski definition) is 0. The molecule has 120 valence electrons. The van der Waals surface area contributed by atoms with Gasteiger partial charge in [-0.25, -0.2) is 4.99 Å². The topological polar surface area (TPSA) is 39.3 Å². The summed E-state index contributed by atoms with van der Waals surface area (Å²) < 4.78 is 4.01. The predicted octanol–water partition coefficient (Wildman–Crippen LogP) is 1.97. The van der Waals surface area contributed by atoms with Crippen LogP contribution in [-0.2, 0) is 13.6 Å². The lowest BCUT2D eigenvalue weighted by atomic mass is 9.94. The van der Waals surface area contributed by atoms with Crippen molar-refractivity contribution in [3.05, 3.63) is 59.7 Å². The van der Waals surface area contributed by atoms with Gasteiger partial charge in [0.2, 0.25) is 5.62 Å². The van der Waals surface area contributed by atoms with Crippen LogP contribution >= 0.6 is 0 Å². The van der Waals surface area contributed by atoms with Crippen LogP contribution in [0.5, 0.6) is 0 Å². The third-order valence-corrected chi connectivity index (χ3v) is 3.98. The van der Waals surface area contributed by atoms with Crippen LogP contribution in [-0.4, -0.2) is 28.8 Å². The third-order valence-electron chi connectivity index (χ3n) is 3.98. The van der Waals surface area contributed by atoms with Gasteiger partial charge in [-0.1, -0.05) is 41.9 Å². The largest absolute Gasteiger partial charge is 0.313 e. The van der Waals surface area contributed by atoms with E-state index in [-0.39, 0.29) is 18.4 Å². The van der Waals surface area contributed by atoms with E-state index in [1.165, 1.54) is 0 Å². The van der Waals surface area contributed by atoms with Crippen LogP contribution in [0.15, 0.2) is 53.5 Å². The standard InChI is InChI=1S/C19H20BN3O/c1-13(2)21-19-22(3)16-6-4-5-7-17(16)23(19)12-18(24)14-8-10-15(20)11-9-14/h4-11,13H,12H2,1-3H3. The van der Waals surface area contributed by atoms with Gasteiger partial charge in [-0.15, -0.1) is 0 Å². The molecule has 2 radical (unpaired) electrons. The van der Waals surface area contributed by atoms with Gasteiger partial charge in [-0.05, 0) is 26.0 Å². The van der Waals surface area contributed by atoms with Crippen LogP contribution < -0.4 is 11.1 Å². The van der Waals surface area contributed by atoms with Gasteiger partial charge < -0.3 is 9.13 Å². The average molecular weight is 317 g/mol. The van der Waals surface area contributed by atoms with Crippen LogP contribution in [0.4, 0.5) is 0 Å². The smallest absolute Gasteiger partial charge is 0.206 e. The molecule has 0 aliphatic heterocycles. The van der Waals surface area contributed by atoms with Gasteiger partial charge in [-0.2, -0.15) is 0 Å². The van der Waals surface area contributed by atoms with E-state index >= 15 is 0 Å². The number of fused-ring (bicyclic) bond motifs is 1. The molecule has 3 rings (SSSR count). The molecule has 0 bridgehead atoms. The summed E-state index contributed by atoms with van der Waals surface area (Å²) in [5.41, 5.74) is 4.17. The zero-order valence-electron chi connectivity index (χ0n) is 14.2. The third kappa shape index (κ3) is 3.07. The number of aromatic nitrogens is 2. The Hall–Kier alpha value is -2.56. The fourth-order valence-corrected chi connectivity index (χ4v) is 2.82. The summed E-state index contributed by atoms with van der Waals surface area (Å²) in [5, 5.41) is 0. The van der Waals surface area contributed by atoms with Gasteiger partial charge in [-0.3, -0.25) is 4.79 Å². The van der Waals surface area contributed by atoms with Crippen molar-refractivity contribution < 1.29 is 4.79 Å². The van der Waals surface area contributed by atoms with E-state index in [4.69, 9.17) is 12.8 Å². The van der Waals surface area contributed by atoms with Crippen LogP contribution in [0.1, 0.15) is 24.2 Å². The lowest BCUT2D eigenvalue weighted by molar-refractivity contribution is 0.0971. The van der Waals surface area contributed by atoms with E-state index < -0.39 is 0 Å². The number of carbonyl (C=O) groups is 1. The highest BCUT2D eigenvalue weighted by Crippen LogP contribution is 2.13. The SMILES string of the molecule is [B]c1ccc(C(=O)Cn2c(=NC(C)C)n(C)c3ccccc32)cc1. The van der Waals surface area contributed by atoms with Crippen molar-refractivity contribution in [1.82, 2.24) is 9.13 Å². The van der Waals surface area contributed by atoms with E-state index in [2.05, 4.69) is 0 Å². The molecule has 0 atom stereocenters. The normalized spacial score (nSPS) is 12.2. The second kappa shape index (κ2) is 6.52. The molecule has 0 saturated heterocycles. The summed E-state index contributed by atoms with van der Waals surface area (Å²) in [4.78, 5) is 17.4. The minimum atomic E-state index is 0.0385. The first-order valence-electron chi connectivity index (χ1n) is 8.04. The Balaban J connectivity index is 2.11. The quantitative estimate of drug-likeness (QED) is 0.536. The Morgan fingerprint density at radius 1 is 1.08 bits per heavy atom. The number of imidazole rings is 1. The molecule has 1 heterocycles. The molecule has 0 aliphatic rings. The van der Waals surface area contributed by atoms with Gasteiger partial charge in [0.1, 0.15) is 7.85 Å². The van der Waals surface area contributed by atoms with Crippen molar-refractivity contribution in [2.75, 3.05) is 0 Å². The highest BCUT2D eigenvalue weighted by Gasteiger charge is 2.13. The average Bonchev–Trinajstić information content (AvgIpc) is 2.81. The molecule has 4 nitrogen and oxygen atoms in total. The van der Waals surface area contributed by atoms with Crippen LogP contribution in [0.2, 0.25) is 0 Å². The number of Topliss-reactive ketones (excluding diaryl/α,β-unsaturated/α-hetero) is 1. The summed E-state index contributed by atoms with van der Waals surface area (Å²) >= 11 is 0. The maximum absolute atomic E-state index is 12.7. The molecule has 0 unspecified atom stereocenters. The Labute approximate surface area is 142 Å². The van der Waals surface area contributed by atoms with Crippen LogP contribution in [0.3, 0.4) is 0 Å². The molecule has 3 aromatic rings. The summed E-state index contributed by atoms with van der Waals surface area (Å²) in [6, 6.07) is 15.2. The van der Waals surface area contributed by atoms with Crippen molar-refractivity contribution in [2.45, 2.75) is 26.4 Å². The first-order chi connectivity index (χ1) is 11.5. The minimum absolute atomic E-state index is 0.0385. The maximum Gasteiger partial charge on any atom is 0.206 e. The number of para-hydroxylation sites is 2. The number of hydrogen-bond acceptors (Lipinski definition) is 2. The zero-order chi connectivity index (χ0) is 17.3. The number of nitrogens with zero attached hydrogens (tertiary/aromatic N) is 3. The van der Waals surface area contributed by atoms with E-state index in [1.807, 2.05) is 54.3 Å². The van der Waals surface area contributed by atoms with Crippen LogP contribution in [0.25, 0.3) is 11.0 Å². The van der Waals surface area contributed by atoms with E-state index in [1.54, 1.807) is 24.3 Å². The Kier molecular flexibility index (Phi) is 4.43. The number of rotatable bonds is 4. The molecule has 0 N–H and O–H groups in total. The van der Waals surface area contributed by atoms with E-state index in [0.29, 0.717) is 11.0 Å². The maximum atomic E-state index is 12.7. The Bertz CT molecular complexity index is 949. The molecule has 0 spiro atoms. The first kappa shape index (κ1) is 16.3. The zero-order valence-corrected chi connectivity index (χ0v) is 14.2. The van der Waals surface area contributed by atoms with Gasteiger partial charge in [0.25, 0.3) is 0 Å². The molecular weight excluding hydrogens is 297 g/mol. The summed E-state index contributed by atoms with van der Waals surface area (Å²) in [6.07, 6.45) is 0. The molecule has 1 aromatic heterocycles. The second-order valence-electron chi connectivity index (χ2n) is 6.20. The minimum Gasteiger partial charge on any atom is -0.313 e. The lowest BCUT2D eigenvalue weighted by Crippen LogP contribution is -2.28. The van der Waals surface area contributed by atoms with E-state index in [9.17, 15) is 4.79 Å².